The summed E-state index contributed by atoms with van der Waals surface area (Å²) in [6.07, 6.45) is 0. The van der Waals surface area contributed by atoms with Crippen LogP contribution in [-0.2, 0) is 0 Å². The number of hydrogen-bond donors (Lipinski definition) is 0. The van der Waals surface area contributed by atoms with E-state index in [4.69, 9.17) is 14.7 Å². The quantitative estimate of drug-likeness (QED) is 0.694. The molecule has 0 aromatic heterocycles. The molecular weight excluding hydrogens is 192 g/mol. The second-order valence-electron chi connectivity index (χ2n) is 3.40. The van der Waals surface area contributed by atoms with Crippen LogP contribution in [0.25, 0.3) is 0 Å². The third-order valence-electron chi connectivity index (χ3n) is 2.56. The van der Waals surface area contributed by atoms with E-state index in [1.165, 1.54) is 0 Å². The zero-order valence-corrected chi connectivity index (χ0v) is 8.73. The molecule has 1 atom stereocenters. The fraction of sp³-hybridized carbons (Fsp3) is 0.364. The van der Waals surface area contributed by atoms with Gasteiger partial charge in [0.2, 0.25) is 0 Å². The van der Waals surface area contributed by atoms with Crippen LogP contribution in [0.15, 0.2) is 18.2 Å². The van der Waals surface area contributed by atoms with Gasteiger partial charge < -0.3 is 14.4 Å². The first-order valence-corrected chi connectivity index (χ1v) is 4.69. The Morgan fingerprint density at radius 1 is 1.60 bits per heavy atom. The minimum absolute atomic E-state index is 0.232. The van der Waals surface area contributed by atoms with Gasteiger partial charge in [-0.1, -0.05) is 0 Å². The Morgan fingerprint density at radius 2 is 2.40 bits per heavy atom. The molecule has 78 valence electrons. The lowest BCUT2D eigenvalue weighted by atomic mass is 10.2. The monoisotopic (exact) mass is 204 g/mol. The number of nitrogens with zero attached hydrogens (tertiary/aromatic N) is 2. The van der Waals surface area contributed by atoms with Crippen molar-refractivity contribution in [3.05, 3.63) is 18.2 Å². The van der Waals surface area contributed by atoms with Crippen molar-refractivity contribution < 1.29 is 9.47 Å². The zero-order valence-electron chi connectivity index (χ0n) is 8.73. The Bertz CT molecular complexity index is 412. The Morgan fingerprint density at radius 3 is 3.07 bits per heavy atom. The van der Waals surface area contributed by atoms with E-state index in [-0.39, 0.29) is 6.04 Å². The molecule has 0 amide bonds. The molecule has 0 spiro atoms. The fourth-order valence-corrected chi connectivity index (χ4v) is 1.59. The highest BCUT2D eigenvalue weighted by atomic mass is 16.5. The maximum atomic E-state index is 8.91. The topological polar surface area (TPSA) is 45.5 Å². The molecule has 1 aliphatic rings. The number of methoxy groups -OCH3 is 1. The van der Waals surface area contributed by atoms with Crippen molar-refractivity contribution in [1.29, 1.82) is 5.26 Å². The van der Waals surface area contributed by atoms with Gasteiger partial charge in [0.25, 0.3) is 0 Å². The number of anilines is 1. The van der Waals surface area contributed by atoms with Crippen molar-refractivity contribution in [1.82, 2.24) is 0 Å². The Balaban J connectivity index is 2.41. The number of ether oxygens (including phenoxy) is 2. The average Bonchev–Trinajstić information content (AvgIpc) is 2.29. The van der Waals surface area contributed by atoms with Crippen molar-refractivity contribution >= 4 is 5.69 Å². The number of rotatable bonds is 1. The molecule has 0 fully saturated rings. The van der Waals surface area contributed by atoms with Crippen LogP contribution < -0.4 is 14.4 Å². The van der Waals surface area contributed by atoms with Gasteiger partial charge in [-0.15, -0.1) is 0 Å². The summed E-state index contributed by atoms with van der Waals surface area (Å²) in [6.45, 7) is 0.409. The maximum Gasteiger partial charge on any atom is 0.151 e. The van der Waals surface area contributed by atoms with Crippen molar-refractivity contribution in [2.24, 2.45) is 0 Å². The van der Waals surface area contributed by atoms with Crippen LogP contribution in [0.1, 0.15) is 0 Å². The summed E-state index contributed by atoms with van der Waals surface area (Å²) in [5, 5.41) is 8.91. The smallest absolute Gasteiger partial charge is 0.151 e. The lowest BCUT2D eigenvalue weighted by Gasteiger charge is -2.31. The van der Waals surface area contributed by atoms with E-state index in [0.717, 1.165) is 17.2 Å². The predicted molar refractivity (Wildman–Crippen MR) is 56.3 cm³/mol. The first-order valence-electron chi connectivity index (χ1n) is 4.69. The molecule has 1 aliphatic heterocycles. The normalized spacial score (nSPS) is 18.7. The molecule has 1 aromatic carbocycles. The lowest BCUT2D eigenvalue weighted by molar-refractivity contribution is 0.288. The molecule has 4 heteroatoms. The molecule has 0 bridgehead atoms. The van der Waals surface area contributed by atoms with Crippen molar-refractivity contribution in [3.63, 3.8) is 0 Å². The summed E-state index contributed by atoms with van der Waals surface area (Å²) >= 11 is 0. The fourth-order valence-electron chi connectivity index (χ4n) is 1.59. The number of fused-ring (bicyclic) bond motifs is 1. The number of benzene rings is 1. The lowest BCUT2D eigenvalue weighted by Crippen LogP contribution is -2.39. The first-order chi connectivity index (χ1) is 7.26. The van der Waals surface area contributed by atoms with Crippen molar-refractivity contribution in [2.45, 2.75) is 6.04 Å². The summed E-state index contributed by atoms with van der Waals surface area (Å²) in [6, 6.07) is 7.54. The molecule has 4 nitrogen and oxygen atoms in total. The number of hydrogen-bond acceptors (Lipinski definition) is 4. The number of nitriles is 1. The Labute approximate surface area is 88.6 Å². The summed E-state index contributed by atoms with van der Waals surface area (Å²) in [4.78, 5) is 1.90. The molecule has 1 unspecified atom stereocenters. The van der Waals surface area contributed by atoms with E-state index in [1.54, 1.807) is 7.11 Å². The van der Waals surface area contributed by atoms with E-state index in [2.05, 4.69) is 6.07 Å². The molecular formula is C11H12N2O2. The van der Waals surface area contributed by atoms with Gasteiger partial charge in [-0.3, -0.25) is 0 Å². The van der Waals surface area contributed by atoms with E-state index in [0.29, 0.717) is 6.61 Å². The van der Waals surface area contributed by atoms with E-state index in [9.17, 15) is 0 Å². The summed E-state index contributed by atoms with van der Waals surface area (Å²) in [5.74, 6) is 1.56. The van der Waals surface area contributed by atoms with Crippen LogP contribution >= 0.6 is 0 Å². The van der Waals surface area contributed by atoms with Gasteiger partial charge in [0.15, 0.2) is 6.04 Å². The third kappa shape index (κ3) is 1.57. The Kier molecular flexibility index (Phi) is 2.38. The van der Waals surface area contributed by atoms with Crippen LogP contribution in [0.2, 0.25) is 0 Å². The minimum atomic E-state index is -0.232. The highest BCUT2D eigenvalue weighted by Gasteiger charge is 2.24. The molecule has 0 saturated heterocycles. The average molecular weight is 204 g/mol. The SMILES string of the molecule is COc1ccc2c(c1)N(C)C(C#N)CO2. The second-order valence-corrected chi connectivity index (χ2v) is 3.40. The van der Waals surface area contributed by atoms with Crippen LogP contribution in [0.3, 0.4) is 0 Å². The van der Waals surface area contributed by atoms with Gasteiger partial charge in [0, 0.05) is 13.1 Å². The van der Waals surface area contributed by atoms with Gasteiger partial charge in [-0.25, -0.2) is 0 Å². The largest absolute Gasteiger partial charge is 0.497 e. The van der Waals surface area contributed by atoms with Gasteiger partial charge in [0.1, 0.15) is 18.1 Å². The van der Waals surface area contributed by atoms with Gasteiger partial charge in [0.05, 0.1) is 18.9 Å². The minimum Gasteiger partial charge on any atom is -0.497 e. The van der Waals surface area contributed by atoms with Crippen molar-refractivity contribution in [3.8, 4) is 17.6 Å². The summed E-state index contributed by atoms with van der Waals surface area (Å²) < 4.78 is 10.6. The van der Waals surface area contributed by atoms with Crippen LogP contribution in [-0.4, -0.2) is 26.8 Å². The second kappa shape index (κ2) is 3.70. The van der Waals surface area contributed by atoms with Crippen LogP contribution in [0.4, 0.5) is 5.69 Å². The highest BCUT2D eigenvalue weighted by Crippen LogP contribution is 2.35. The first kappa shape index (κ1) is 9.66. The molecule has 15 heavy (non-hydrogen) atoms. The van der Waals surface area contributed by atoms with E-state index in [1.807, 2.05) is 30.1 Å². The van der Waals surface area contributed by atoms with Gasteiger partial charge in [-0.05, 0) is 12.1 Å². The van der Waals surface area contributed by atoms with Gasteiger partial charge in [-0.2, -0.15) is 5.26 Å². The molecule has 1 aromatic rings. The summed E-state index contributed by atoms with van der Waals surface area (Å²) in [5.41, 5.74) is 0.896. The molecule has 0 radical (unpaired) electrons. The highest BCUT2D eigenvalue weighted by molar-refractivity contribution is 5.63. The van der Waals surface area contributed by atoms with Crippen LogP contribution in [0, 0.1) is 11.3 Å². The molecule has 0 saturated carbocycles. The standard InChI is InChI=1S/C11H12N2O2/c1-13-8(6-12)7-15-11-4-3-9(14-2)5-10(11)13/h3-5,8H,7H2,1-2H3. The van der Waals surface area contributed by atoms with E-state index >= 15 is 0 Å². The number of likely N-dealkylation sites (N-methyl/N-ethyl adjacent to an activating group) is 1. The summed E-state index contributed by atoms with van der Waals surface area (Å²) in [7, 11) is 3.50. The molecule has 0 aliphatic carbocycles. The zero-order chi connectivity index (χ0) is 10.8. The van der Waals surface area contributed by atoms with Crippen LogP contribution in [0.5, 0.6) is 11.5 Å². The van der Waals surface area contributed by atoms with Crippen molar-refractivity contribution in [2.75, 3.05) is 25.7 Å². The molecule has 1 heterocycles. The molecule has 0 N–H and O–H groups in total. The Hall–Kier alpha value is -1.89. The maximum absolute atomic E-state index is 8.91. The van der Waals surface area contributed by atoms with E-state index < -0.39 is 0 Å². The third-order valence-corrected chi connectivity index (χ3v) is 2.56. The predicted octanol–water partition coefficient (Wildman–Crippen LogP) is 1.42. The van der Waals surface area contributed by atoms with Gasteiger partial charge >= 0.3 is 0 Å². The molecule has 2 rings (SSSR count).